The van der Waals surface area contributed by atoms with Gasteiger partial charge in [-0.25, -0.2) is 0 Å². The van der Waals surface area contributed by atoms with E-state index in [0.717, 1.165) is 35.8 Å². The number of ether oxygens (including phenoxy) is 1. The maximum absolute atomic E-state index is 12.4. The van der Waals surface area contributed by atoms with Crippen molar-refractivity contribution in [2.24, 2.45) is 28.7 Å². The Kier molecular flexibility index (Phi) is 4.56. The van der Waals surface area contributed by atoms with Crippen LogP contribution < -0.4 is 5.32 Å². The van der Waals surface area contributed by atoms with Crippen LogP contribution in [0.15, 0.2) is 4.99 Å². The average molecular weight is 339 g/mol. The largest absolute Gasteiger partial charge is 0.358 e. The normalized spacial score (nSPS) is 45.6. The van der Waals surface area contributed by atoms with Crippen LogP contribution in [0.2, 0.25) is 0 Å². The van der Waals surface area contributed by atoms with Gasteiger partial charge in [0.2, 0.25) is 4.93 Å². The van der Waals surface area contributed by atoms with E-state index in [0.29, 0.717) is 0 Å². The number of nitrogens with one attached hydrogen (secondary N) is 1. The van der Waals surface area contributed by atoms with Gasteiger partial charge in [0.1, 0.15) is 0 Å². The van der Waals surface area contributed by atoms with Crippen LogP contribution in [0.3, 0.4) is 0 Å². The highest BCUT2D eigenvalue weighted by atomic mass is 32.2. The van der Waals surface area contributed by atoms with Crippen molar-refractivity contribution in [1.29, 1.82) is 0 Å². The van der Waals surface area contributed by atoms with Crippen LogP contribution in [0.5, 0.6) is 0 Å². The van der Waals surface area contributed by atoms with Crippen LogP contribution in [0.25, 0.3) is 0 Å². The van der Waals surface area contributed by atoms with Crippen LogP contribution in [-0.4, -0.2) is 28.7 Å². The average Bonchev–Trinajstić information content (AvgIpc) is 2.73. The fraction of sp³-hybridized carbons (Fsp3) is 0.889. The second-order valence-electron chi connectivity index (χ2n) is 8.45. The van der Waals surface area contributed by atoms with Crippen LogP contribution in [0.1, 0.15) is 59.8 Å². The maximum atomic E-state index is 12.4. The van der Waals surface area contributed by atoms with Gasteiger partial charge in [0, 0.05) is 13.0 Å². The molecule has 0 spiro atoms. The molecule has 0 aromatic heterocycles. The predicted molar refractivity (Wildman–Crippen MR) is 95.4 cm³/mol. The lowest BCUT2D eigenvalue weighted by Crippen LogP contribution is -2.43. The predicted octanol–water partition coefficient (Wildman–Crippen LogP) is 3.81. The number of thioether (sulfide) groups is 1. The van der Waals surface area contributed by atoms with E-state index in [-0.39, 0.29) is 17.4 Å². The Morgan fingerprint density at radius 3 is 2.35 bits per heavy atom. The fourth-order valence-electron chi connectivity index (χ4n) is 5.10. The van der Waals surface area contributed by atoms with E-state index in [1.54, 1.807) is 7.11 Å². The van der Waals surface area contributed by atoms with E-state index in [4.69, 9.17) is 9.73 Å². The topological polar surface area (TPSA) is 50.7 Å². The minimum absolute atomic E-state index is 0.0376. The van der Waals surface area contributed by atoms with Gasteiger partial charge in [0.15, 0.2) is 5.17 Å². The molecule has 1 amide bonds. The van der Waals surface area contributed by atoms with Gasteiger partial charge in [-0.2, -0.15) is 0 Å². The highest BCUT2D eigenvalue weighted by molar-refractivity contribution is 8.16. The maximum Gasteiger partial charge on any atom is 0.269 e. The summed E-state index contributed by atoms with van der Waals surface area (Å²) in [7, 11) is 1.61. The molecule has 0 aromatic carbocycles. The second-order valence-corrected chi connectivity index (χ2v) is 9.65. The van der Waals surface area contributed by atoms with Crippen LogP contribution in [0, 0.1) is 23.7 Å². The lowest BCUT2D eigenvalue weighted by molar-refractivity contribution is -0.134. The van der Waals surface area contributed by atoms with Crippen LogP contribution in [-0.2, 0) is 9.53 Å². The molecule has 0 aromatic rings. The summed E-state index contributed by atoms with van der Waals surface area (Å²) >= 11 is 1.46. The van der Waals surface area contributed by atoms with Crippen molar-refractivity contribution >= 4 is 22.8 Å². The zero-order chi connectivity index (χ0) is 16.8. The minimum Gasteiger partial charge on any atom is -0.358 e. The van der Waals surface area contributed by atoms with Crippen molar-refractivity contribution < 1.29 is 9.53 Å². The van der Waals surface area contributed by atoms with Crippen molar-refractivity contribution in [3.63, 3.8) is 0 Å². The van der Waals surface area contributed by atoms with Gasteiger partial charge < -0.3 is 10.1 Å². The Balaban J connectivity index is 1.78. The van der Waals surface area contributed by atoms with Gasteiger partial charge in [0.05, 0.1) is 5.54 Å². The molecule has 2 saturated carbocycles. The van der Waals surface area contributed by atoms with Crippen molar-refractivity contribution in [2.45, 2.75) is 70.3 Å². The monoisotopic (exact) mass is 338 g/mol. The van der Waals surface area contributed by atoms with Crippen LogP contribution in [0.4, 0.5) is 0 Å². The number of hydrogen-bond donors (Lipinski definition) is 1. The molecule has 1 saturated heterocycles. The Hall–Kier alpha value is -0.550. The summed E-state index contributed by atoms with van der Waals surface area (Å²) in [4.78, 5) is 16.6. The standard InChI is InChI=1S/C18H30N2O2S/c1-11(2)18(22-5)15(21)19-16(23-18)20-17(4)9-13-6-12(3)7-14(8-13)10-17/h11-14H,6-10H2,1-5H3,(H,19,20,21). The first kappa shape index (κ1) is 17.3. The number of amides is 1. The highest BCUT2D eigenvalue weighted by Crippen LogP contribution is 2.49. The SMILES string of the molecule is COC1(C(C)C)SC(=NC2(C)CC3CC(C)CC(C3)C2)NC1=O. The number of carbonyl (C=O) groups excluding carboxylic acids is 1. The summed E-state index contributed by atoms with van der Waals surface area (Å²) in [6.45, 7) is 8.70. The third-order valence-electron chi connectivity index (χ3n) is 5.81. The van der Waals surface area contributed by atoms with E-state index >= 15 is 0 Å². The Morgan fingerprint density at radius 1 is 1.26 bits per heavy atom. The third-order valence-corrected chi connectivity index (χ3v) is 7.33. The minimum atomic E-state index is -0.825. The molecule has 3 fully saturated rings. The molecule has 23 heavy (non-hydrogen) atoms. The van der Waals surface area contributed by atoms with Crippen molar-refractivity contribution in [3.8, 4) is 0 Å². The highest BCUT2D eigenvalue weighted by Gasteiger charge is 2.51. The van der Waals surface area contributed by atoms with Gasteiger partial charge >= 0.3 is 0 Å². The molecular formula is C18H30N2O2S. The molecule has 2 aliphatic carbocycles. The molecule has 2 bridgehead atoms. The summed E-state index contributed by atoms with van der Waals surface area (Å²) in [6.07, 6.45) is 6.35. The number of rotatable bonds is 3. The molecular weight excluding hydrogens is 308 g/mol. The van der Waals surface area contributed by atoms with Crippen molar-refractivity contribution in [1.82, 2.24) is 5.32 Å². The number of hydrogen-bond acceptors (Lipinski definition) is 4. The lowest BCUT2D eigenvalue weighted by Gasteiger charge is -2.45. The Labute approximate surface area is 144 Å². The first-order valence-corrected chi connectivity index (χ1v) is 9.73. The molecule has 3 rings (SSSR count). The van der Waals surface area contributed by atoms with Gasteiger partial charge in [-0.3, -0.25) is 9.79 Å². The third kappa shape index (κ3) is 3.19. The molecule has 4 nitrogen and oxygen atoms in total. The molecule has 3 atom stereocenters. The van der Waals surface area contributed by atoms with E-state index in [1.165, 1.54) is 31.0 Å². The summed E-state index contributed by atoms with van der Waals surface area (Å²) in [5, 5.41) is 3.72. The molecule has 1 N–H and O–H groups in total. The molecule has 3 unspecified atom stereocenters. The Bertz CT molecular complexity index is 501. The number of amidine groups is 1. The zero-order valence-electron chi connectivity index (χ0n) is 15.0. The second kappa shape index (κ2) is 6.07. The Morgan fingerprint density at radius 2 is 1.87 bits per heavy atom. The van der Waals surface area contributed by atoms with Crippen LogP contribution >= 0.6 is 11.8 Å². The summed E-state index contributed by atoms with van der Waals surface area (Å²) in [5.74, 6) is 2.49. The fourth-order valence-corrected chi connectivity index (χ4v) is 6.26. The summed E-state index contributed by atoms with van der Waals surface area (Å²) in [5.41, 5.74) is -0.0376. The lowest BCUT2D eigenvalue weighted by atomic mass is 9.63. The van der Waals surface area contributed by atoms with Gasteiger partial charge in [0.25, 0.3) is 5.91 Å². The van der Waals surface area contributed by atoms with Gasteiger partial charge in [-0.05, 0) is 68.5 Å². The molecule has 130 valence electrons. The van der Waals surface area contributed by atoms with E-state index < -0.39 is 4.93 Å². The zero-order valence-corrected chi connectivity index (χ0v) is 15.8. The summed E-state index contributed by atoms with van der Waals surface area (Å²) in [6, 6.07) is 0. The number of aliphatic imine (C=N–C) groups is 1. The van der Waals surface area contributed by atoms with E-state index in [2.05, 4.69) is 19.2 Å². The van der Waals surface area contributed by atoms with Crippen molar-refractivity contribution in [2.75, 3.05) is 7.11 Å². The van der Waals surface area contributed by atoms with Gasteiger partial charge in [-0.15, -0.1) is 0 Å². The number of nitrogens with zero attached hydrogens (tertiary/aromatic N) is 1. The molecule has 0 radical (unpaired) electrons. The smallest absolute Gasteiger partial charge is 0.269 e. The van der Waals surface area contributed by atoms with E-state index in [9.17, 15) is 4.79 Å². The summed E-state index contributed by atoms with van der Waals surface area (Å²) < 4.78 is 5.58. The number of carbonyl (C=O) groups is 1. The van der Waals surface area contributed by atoms with Gasteiger partial charge in [-0.1, -0.05) is 20.8 Å². The number of fused-ring (bicyclic) bond motifs is 2. The van der Waals surface area contributed by atoms with Crippen molar-refractivity contribution in [3.05, 3.63) is 0 Å². The van der Waals surface area contributed by atoms with E-state index in [1.807, 2.05) is 13.8 Å². The molecule has 1 heterocycles. The first-order chi connectivity index (χ1) is 10.8. The number of methoxy groups -OCH3 is 1. The first-order valence-electron chi connectivity index (χ1n) is 8.92. The molecule has 1 aliphatic heterocycles. The molecule has 3 aliphatic rings. The quantitative estimate of drug-likeness (QED) is 0.851. The molecule has 5 heteroatoms.